The Bertz CT molecular complexity index is 543. The molecule has 19 heavy (non-hydrogen) atoms. The Kier molecular flexibility index (Phi) is 4.42. The highest BCUT2D eigenvalue weighted by atomic mass is 32.1. The maximum atomic E-state index is 11.7. The minimum Gasteiger partial charge on any atom is -0.394 e. The van der Waals surface area contributed by atoms with Crippen molar-refractivity contribution in [1.82, 2.24) is 9.55 Å². The standard InChI is InChI=1S/C10H14N2O6S/c13-3-5-7(15)8(17-4-19)9(18-5)12-2-1-6(14)11-10(12)16/h1-2,5,7-9,13,15,19H,3-4H2,(H,11,14,16)/t5-,7+,8-,9-/m1/s1. The number of H-pyrrole nitrogens is 1. The fourth-order valence-electron chi connectivity index (χ4n) is 1.99. The summed E-state index contributed by atoms with van der Waals surface area (Å²) >= 11 is 3.89. The van der Waals surface area contributed by atoms with Crippen molar-refractivity contribution in [1.29, 1.82) is 0 Å². The van der Waals surface area contributed by atoms with Gasteiger partial charge in [0.1, 0.15) is 18.3 Å². The van der Waals surface area contributed by atoms with E-state index in [0.29, 0.717) is 0 Å². The number of aromatic amines is 1. The van der Waals surface area contributed by atoms with Crippen LogP contribution in [0.3, 0.4) is 0 Å². The largest absolute Gasteiger partial charge is 0.394 e. The molecular formula is C10H14N2O6S. The maximum Gasteiger partial charge on any atom is 0.330 e. The zero-order valence-corrected chi connectivity index (χ0v) is 10.7. The minimum atomic E-state index is -1.10. The summed E-state index contributed by atoms with van der Waals surface area (Å²) in [6.45, 7) is -0.414. The smallest absolute Gasteiger partial charge is 0.330 e. The summed E-state index contributed by atoms with van der Waals surface area (Å²) in [5.74, 6) is 0.0117. The zero-order chi connectivity index (χ0) is 14.0. The molecule has 0 bridgehead atoms. The van der Waals surface area contributed by atoms with Crippen molar-refractivity contribution in [2.45, 2.75) is 24.5 Å². The molecule has 4 atom stereocenters. The quantitative estimate of drug-likeness (QED) is 0.379. The topological polar surface area (TPSA) is 114 Å². The average molecular weight is 290 g/mol. The van der Waals surface area contributed by atoms with E-state index in [1.807, 2.05) is 0 Å². The van der Waals surface area contributed by atoms with Crippen LogP contribution in [0.15, 0.2) is 21.9 Å². The van der Waals surface area contributed by atoms with Gasteiger partial charge in [-0.05, 0) is 0 Å². The van der Waals surface area contributed by atoms with Crippen molar-refractivity contribution >= 4 is 12.6 Å². The molecule has 2 rings (SSSR count). The maximum absolute atomic E-state index is 11.7. The van der Waals surface area contributed by atoms with E-state index in [1.165, 1.54) is 6.20 Å². The van der Waals surface area contributed by atoms with Crippen LogP contribution in [-0.4, -0.2) is 50.6 Å². The molecule has 0 aliphatic carbocycles. The predicted molar refractivity (Wildman–Crippen MR) is 67.1 cm³/mol. The fourth-order valence-corrected chi connectivity index (χ4v) is 2.16. The number of ether oxygens (including phenoxy) is 2. The van der Waals surface area contributed by atoms with E-state index in [2.05, 4.69) is 17.6 Å². The number of thiol groups is 1. The Morgan fingerprint density at radius 1 is 1.53 bits per heavy atom. The molecule has 106 valence electrons. The Balaban J connectivity index is 2.36. The fraction of sp³-hybridized carbons (Fsp3) is 0.600. The van der Waals surface area contributed by atoms with Gasteiger partial charge in [-0.1, -0.05) is 0 Å². The van der Waals surface area contributed by atoms with Gasteiger partial charge in [-0.2, -0.15) is 12.6 Å². The molecule has 9 heteroatoms. The summed E-state index contributed by atoms with van der Waals surface area (Å²) in [7, 11) is 0. The van der Waals surface area contributed by atoms with Crippen LogP contribution in [0.2, 0.25) is 0 Å². The van der Waals surface area contributed by atoms with E-state index >= 15 is 0 Å². The predicted octanol–water partition coefficient (Wildman–Crippen LogP) is -1.94. The highest BCUT2D eigenvalue weighted by molar-refractivity contribution is 7.80. The van der Waals surface area contributed by atoms with Gasteiger partial charge in [0.15, 0.2) is 6.23 Å². The summed E-state index contributed by atoms with van der Waals surface area (Å²) in [4.78, 5) is 24.8. The lowest BCUT2D eigenvalue weighted by Gasteiger charge is -2.21. The average Bonchev–Trinajstić information content (AvgIpc) is 2.68. The van der Waals surface area contributed by atoms with Crippen molar-refractivity contribution in [3.63, 3.8) is 0 Å². The van der Waals surface area contributed by atoms with Gasteiger partial charge in [-0.15, -0.1) is 0 Å². The lowest BCUT2D eigenvalue weighted by atomic mass is 10.1. The summed E-state index contributed by atoms with van der Waals surface area (Å²) in [6, 6.07) is 1.15. The first-order chi connectivity index (χ1) is 9.08. The molecule has 2 heterocycles. The van der Waals surface area contributed by atoms with E-state index in [9.17, 15) is 14.7 Å². The number of aliphatic hydroxyl groups is 2. The van der Waals surface area contributed by atoms with Gasteiger partial charge < -0.3 is 19.7 Å². The van der Waals surface area contributed by atoms with Gasteiger partial charge in [0, 0.05) is 12.3 Å². The molecule has 0 radical (unpaired) electrons. The second kappa shape index (κ2) is 5.88. The summed E-state index contributed by atoms with van der Waals surface area (Å²) in [5, 5.41) is 19.0. The molecule has 8 nitrogen and oxygen atoms in total. The summed E-state index contributed by atoms with van der Waals surface area (Å²) in [5.41, 5.74) is -1.22. The monoisotopic (exact) mass is 290 g/mol. The van der Waals surface area contributed by atoms with Crippen LogP contribution in [0.1, 0.15) is 6.23 Å². The Morgan fingerprint density at radius 3 is 2.84 bits per heavy atom. The molecule has 0 unspecified atom stereocenters. The first-order valence-corrected chi connectivity index (χ1v) is 6.20. The third-order valence-electron chi connectivity index (χ3n) is 2.89. The molecule has 1 saturated heterocycles. The van der Waals surface area contributed by atoms with Crippen LogP contribution in [0, 0.1) is 0 Å². The summed E-state index contributed by atoms with van der Waals surface area (Å²) in [6.07, 6.45) is -2.52. The molecule has 0 amide bonds. The molecule has 0 saturated carbocycles. The lowest BCUT2D eigenvalue weighted by molar-refractivity contribution is -0.0648. The Labute approximate surface area is 113 Å². The van der Waals surface area contributed by atoms with E-state index in [0.717, 1.165) is 10.6 Å². The van der Waals surface area contributed by atoms with Crippen LogP contribution in [0.4, 0.5) is 0 Å². The first kappa shape index (κ1) is 14.3. The van der Waals surface area contributed by atoms with Crippen LogP contribution >= 0.6 is 12.6 Å². The minimum absolute atomic E-state index is 0.0117. The number of nitrogens with zero attached hydrogens (tertiary/aromatic N) is 1. The lowest BCUT2D eigenvalue weighted by Crippen LogP contribution is -2.39. The highest BCUT2D eigenvalue weighted by Gasteiger charge is 2.45. The Hall–Kier alpha value is -1.13. The highest BCUT2D eigenvalue weighted by Crippen LogP contribution is 2.30. The van der Waals surface area contributed by atoms with Crippen molar-refractivity contribution in [2.24, 2.45) is 0 Å². The van der Waals surface area contributed by atoms with Gasteiger partial charge in [-0.3, -0.25) is 14.3 Å². The number of aromatic nitrogens is 2. The number of rotatable bonds is 4. The van der Waals surface area contributed by atoms with Gasteiger partial charge in [0.2, 0.25) is 0 Å². The number of aliphatic hydroxyl groups excluding tert-OH is 2. The van der Waals surface area contributed by atoms with Crippen molar-refractivity contribution in [3.8, 4) is 0 Å². The molecular weight excluding hydrogens is 276 g/mol. The van der Waals surface area contributed by atoms with Crippen molar-refractivity contribution in [3.05, 3.63) is 33.1 Å². The van der Waals surface area contributed by atoms with E-state index in [4.69, 9.17) is 14.6 Å². The summed E-state index contributed by atoms with van der Waals surface area (Å²) < 4.78 is 11.7. The SMILES string of the molecule is O=c1ccn([C@@H]2O[C@H](CO)[C@H](O)[C@H]2OCS)c(=O)[nH]1. The zero-order valence-electron chi connectivity index (χ0n) is 9.80. The van der Waals surface area contributed by atoms with Crippen LogP contribution in [0.25, 0.3) is 0 Å². The molecule has 1 aromatic rings. The van der Waals surface area contributed by atoms with Crippen LogP contribution in [-0.2, 0) is 9.47 Å². The normalized spacial score (nSPS) is 30.7. The van der Waals surface area contributed by atoms with Crippen molar-refractivity contribution < 1.29 is 19.7 Å². The van der Waals surface area contributed by atoms with E-state index < -0.39 is 42.4 Å². The third-order valence-corrected chi connectivity index (χ3v) is 3.03. The van der Waals surface area contributed by atoms with Gasteiger partial charge in [0.05, 0.1) is 12.5 Å². The number of nitrogens with one attached hydrogen (secondary N) is 1. The number of hydrogen-bond donors (Lipinski definition) is 4. The second-order valence-corrected chi connectivity index (χ2v) is 4.27. The molecule has 1 aliphatic heterocycles. The molecule has 0 spiro atoms. The van der Waals surface area contributed by atoms with Crippen LogP contribution < -0.4 is 11.2 Å². The third kappa shape index (κ3) is 2.74. The molecule has 1 aromatic heterocycles. The van der Waals surface area contributed by atoms with E-state index in [-0.39, 0.29) is 5.94 Å². The molecule has 1 fully saturated rings. The van der Waals surface area contributed by atoms with Gasteiger partial charge >= 0.3 is 5.69 Å². The molecule has 3 N–H and O–H groups in total. The number of hydrogen-bond acceptors (Lipinski definition) is 7. The van der Waals surface area contributed by atoms with Gasteiger partial charge in [-0.25, -0.2) is 4.79 Å². The second-order valence-electron chi connectivity index (χ2n) is 4.02. The van der Waals surface area contributed by atoms with E-state index in [1.54, 1.807) is 0 Å². The van der Waals surface area contributed by atoms with Crippen LogP contribution in [0.5, 0.6) is 0 Å². The molecule has 1 aliphatic rings. The van der Waals surface area contributed by atoms with Gasteiger partial charge in [0.25, 0.3) is 5.56 Å². The first-order valence-electron chi connectivity index (χ1n) is 5.56. The Morgan fingerprint density at radius 2 is 2.26 bits per heavy atom. The molecule has 0 aromatic carbocycles. The van der Waals surface area contributed by atoms with Crippen molar-refractivity contribution in [2.75, 3.05) is 12.5 Å².